The molecule has 8 nitrogen and oxygen atoms in total. The van der Waals surface area contributed by atoms with E-state index in [-0.39, 0.29) is 76.5 Å². The molecule has 2 fully saturated rings. The topological polar surface area (TPSA) is 105 Å². The van der Waals surface area contributed by atoms with Gasteiger partial charge in [-0.1, -0.05) is 13.8 Å². The first kappa shape index (κ1) is 32.2. The molecule has 0 bridgehead atoms. The maximum atomic E-state index is 15.0. The number of fused-ring (bicyclic) bond motifs is 3. The predicted octanol–water partition coefficient (Wildman–Crippen LogP) is 6.23. The molecule has 2 heterocycles. The third kappa shape index (κ3) is 6.43. The molecular weight excluding hydrogens is 628 g/mol. The predicted molar refractivity (Wildman–Crippen MR) is 159 cm³/mol. The lowest BCUT2D eigenvalue weighted by atomic mass is 9.95. The van der Waals surface area contributed by atoms with E-state index in [1.807, 2.05) is 13.8 Å². The number of aryl methyl sites for hydroxylation is 1. The van der Waals surface area contributed by atoms with Gasteiger partial charge in [0.15, 0.2) is 9.84 Å². The Morgan fingerprint density at radius 3 is 2.48 bits per heavy atom. The fraction of sp³-hybridized carbons (Fsp3) is 0.485. The fourth-order valence-electron chi connectivity index (χ4n) is 6.37. The molecule has 2 aromatic heterocycles. The van der Waals surface area contributed by atoms with E-state index in [4.69, 9.17) is 14.2 Å². The van der Waals surface area contributed by atoms with Crippen molar-refractivity contribution in [1.29, 1.82) is 0 Å². The molecule has 246 valence electrons. The Hall–Kier alpha value is -3.74. The first-order valence-electron chi connectivity index (χ1n) is 15.1. The average molecular weight is 663 g/mol. The molecule has 3 aliphatic carbocycles. The summed E-state index contributed by atoms with van der Waals surface area (Å²) in [7, 11) is -3.17. The summed E-state index contributed by atoms with van der Waals surface area (Å²) in [6.45, 7) is 5.48. The van der Waals surface area contributed by atoms with Gasteiger partial charge in [-0.25, -0.2) is 22.8 Å². The minimum atomic E-state index is -4.84. The first-order valence-corrected chi connectivity index (χ1v) is 17.1. The number of pyridine rings is 2. The van der Waals surface area contributed by atoms with Crippen LogP contribution in [0.4, 0.5) is 17.6 Å². The van der Waals surface area contributed by atoms with Gasteiger partial charge >= 0.3 is 12.1 Å². The number of rotatable bonds is 10. The Morgan fingerprint density at radius 1 is 1.09 bits per heavy atom. The van der Waals surface area contributed by atoms with E-state index >= 15 is 4.39 Å². The third-order valence-corrected chi connectivity index (χ3v) is 10.6. The van der Waals surface area contributed by atoms with Crippen LogP contribution in [-0.2, 0) is 38.6 Å². The lowest BCUT2D eigenvalue weighted by Gasteiger charge is -2.33. The molecule has 3 aliphatic rings. The second-order valence-corrected chi connectivity index (χ2v) is 15.2. The van der Waals surface area contributed by atoms with Crippen LogP contribution in [0.2, 0.25) is 0 Å². The third-order valence-electron chi connectivity index (χ3n) is 8.98. The van der Waals surface area contributed by atoms with Crippen molar-refractivity contribution in [2.24, 2.45) is 17.8 Å². The SMILES string of the molecule is Cc1nc(OC2CC(S(C)(=O)=O)C2)ccc1-c1cc(COc2cc3c(cn2)[C@H]2[C@@H](C3)[C@@H]2C(=O)OCC(C)C)c(F)cc1C(F)(F)F. The number of sulfone groups is 1. The Kier molecular flexibility index (Phi) is 8.27. The molecule has 3 aromatic rings. The standard InChI is InChI=1S/C33H34F4N2O6S/c1-16(2)14-44-32(40)31-24-7-18-9-29(38-13-25(18)30(24)31)43-15-19-8-23(26(12-27(19)34)33(35,36)37)22-5-6-28(39-17(22)3)45-20-10-21(11-20)46(4,41)42/h5-6,8-9,12-13,16,20-21,24,30-31H,7,10-11,14-15H2,1-4H3/t20?,21?,24-,30-,31+/m1/s1. The van der Waals surface area contributed by atoms with Gasteiger partial charge in [0.05, 0.1) is 23.3 Å². The summed E-state index contributed by atoms with van der Waals surface area (Å²) in [5.74, 6) is -0.631. The molecule has 3 atom stereocenters. The number of hydrogen-bond acceptors (Lipinski definition) is 8. The summed E-state index contributed by atoms with van der Waals surface area (Å²) in [6, 6.07) is 6.15. The average Bonchev–Trinajstić information content (AvgIpc) is 3.52. The number of carbonyl (C=O) groups excluding carboxylic acids is 1. The van der Waals surface area contributed by atoms with Gasteiger partial charge in [-0.2, -0.15) is 13.2 Å². The number of halogens is 4. The van der Waals surface area contributed by atoms with Crippen LogP contribution in [0.1, 0.15) is 60.6 Å². The van der Waals surface area contributed by atoms with Crippen LogP contribution >= 0.6 is 0 Å². The molecule has 0 saturated heterocycles. The van der Waals surface area contributed by atoms with Crippen molar-refractivity contribution >= 4 is 15.8 Å². The van der Waals surface area contributed by atoms with Crippen LogP contribution < -0.4 is 9.47 Å². The molecular formula is C33H34F4N2O6S. The van der Waals surface area contributed by atoms with Crippen molar-refractivity contribution in [1.82, 2.24) is 9.97 Å². The van der Waals surface area contributed by atoms with E-state index in [2.05, 4.69) is 9.97 Å². The summed E-state index contributed by atoms with van der Waals surface area (Å²) < 4.78 is 97.4. The van der Waals surface area contributed by atoms with Crippen LogP contribution in [0.15, 0.2) is 36.5 Å². The normalized spacial score (nSPS) is 23.4. The van der Waals surface area contributed by atoms with E-state index in [1.54, 1.807) is 12.3 Å². The highest BCUT2D eigenvalue weighted by Gasteiger charge is 2.60. The van der Waals surface area contributed by atoms with Crippen molar-refractivity contribution < 1.29 is 45.0 Å². The Morgan fingerprint density at radius 2 is 1.83 bits per heavy atom. The van der Waals surface area contributed by atoms with Gasteiger partial charge in [0.2, 0.25) is 11.8 Å². The monoisotopic (exact) mass is 662 g/mol. The van der Waals surface area contributed by atoms with Crippen molar-refractivity contribution in [3.8, 4) is 22.9 Å². The highest BCUT2D eigenvalue weighted by Crippen LogP contribution is 2.62. The largest absolute Gasteiger partial charge is 0.474 e. The number of alkyl halides is 3. The maximum Gasteiger partial charge on any atom is 0.417 e. The van der Waals surface area contributed by atoms with Crippen molar-refractivity contribution in [2.45, 2.75) is 70.1 Å². The molecule has 0 aliphatic heterocycles. The minimum absolute atomic E-state index is 0.0536. The van der Waals surface area contributed by atoms with E-state index in [9.17, 15) is 26.4 Å². The second-order valence-electron chi connectivity index (χ2n) is 12.9. The second kappa shape index (κ2) is 11.8. The molecule has 0 unspecified atom stereocenters. The zero-order valence-corrected chi connectivity index (χ0v) is 26.5. The van der Waals surface area contributed by atoms with Gasteiger partial charge in [-0.05, 0) is 60.1 Å². The highest BCUT2D eigenvalue weighted by molar-refractivity contribution is 7.91. The van der Waals surface area contributed by atoms with Crippen molar-refractivity contribution in [2.75, 3.05) is 12.9 Å². The number of ether oxygens (including phenoxy) is 3. The first-order chi connectivity index (χ1) is 21.6. The lowest BCUT2D eigenvalue weighted by molar-refractivity contribution is -0.146. The van der Waals surface area contributed by atoms with Gasteiger partial charge in [-0.15, -0.1) is 0 Å². The van der Waals surface area contributed by atoms with Gasteiger partial charge < -0.3 is 14.2 Å². The smallest absolute Gasteiger partial charge is 0.417 e. The van der Waals surface area contributed by atoms with Crippen LogP contribution in [0.25, 0.3) is 11.1 Å². The quantitative estimate of drug-likeness (QED) is 0.186. The number of hydrogen-bond donors (Lipinski definition) is 0. The molecule has 6 rings (SSSR count). The van der Waals surface area contributed by atoms with Gasteiger partial charge in [0.1, 0.15) is 18.5 Å². The van der Waals surface area contributed by atoms with Gasteiger partial charge in [-0.3, -0.25) is 4.79 Å². The molecule has 13 heteroatoms. The zero-order valence-electron chi connectivity index (χ0n) is 25.7. The minimum Gasteiger partial charge on any atom is -0.474 e. The van der Waals surface area contributed by atoms with Crippen LogP contribution in [-0.4, -0.2) is 48.6 Å². The molecule has 2 saturated carbocycles. The number of benzene rings is 1. The number of aromatic nitrogens is 2. The summed E-state index contributed by atoms with van der Waals surface area (Å²) in [5.41, 5.74) is 0.780. The molecule has 0 amide bonds. The zero-order chi connectivity index (χ0) is 33.1. The molecule has 1 aromatic carbocycles. The molecule has 0 N–H and O–H groups in total. The summed E-state index contributed by atoms with van der Waals surface area (Å²) in [6.07, 6.45) is -1.11. The van der Waals surface area contributed by atoms with Crippen LogP contribution in [0.3, 0.4) is 0 Å². The molecule has 46 heavy (non-hydrogen) atoms. The lowest BCUT2D eigenvalue weighted by Crippen LogP contribution is -2.42. The van der Waals surface area contributed by atoms with E-state index in [1.165, 1.54) is 25.3 Å². The summed E-state index contributed by atoms with van der Waals surface area (Å²) >= 11 is 0. The molecule has 0 spiro atoms. The Balaban J connectivity index is 1.16. The van der Waals surface area contributed by atoms with E-state index in [0.29, 0.717) is 31.9 Å². The highest BCUT2D eigenvalue weighted by atomic mass is 32.2. The van der Waals surface area contributed by atoms with E-state index < -0.39 is 32.6 Å². The van der Waals surface area contributed by atoms with Gasteiger partial charge in [0, 0.05) is 60.2 Å². The Labute approximate surface area is 264 Å². The number of carbonyl (C=O) groups is 1. The maximum absolute atomic E-state index is 15.0. The summed E-state index contributed by atoms with van der Waals surface area (Å²) in [4.78, 5) is 21.1. The van der Waals surface area contributed by atoms with Crippen LogP contribution in [0.5, 0.6) is 11.8 Å². The van der Waals surface area contributed by atoms with Crippen molar-refractivity contribution in [3.63, 3.8) is 0 Å². The van der Waals surface area contributed by atoms with Crippen LogP contribution in [0, 0.1) is 30.5 Å². The molecule has 0 radical (unpaired) electrons. The fourth-order valence-corrected chi connectivity index (χ4v) is 7.50. The number of esters is 1. The summed E-state index contributed by atoms with van der Waals surface area (Å²) in [5, 5.41) is -0.484. The Bertz CT molecular complexity index is 1790. The van der Waals surface area contributed by atoms with Gasteiger partial charge in [0.25, 0.3) is 0 Å². The van der Waals surface area contributed by atoms with E-state index in [0.717, 1.165) is 17.2 Å². The number of nitrogens with zero attached hydrogens (tertiary/aromatic N) is 2. The van der Waals surface area contributed by atoms with Crippen molar-refractivity contribution in [3.05, 3.63) is 70.3 Å².